The van der Waals surface area contributed by atoms with Crippen LogP contribution in [0, 0.1) is 11.7 Å². The number of ether oxygens (including phenoxy) is 1. The zero-order valence-electron chi connectivity index (χ0n) is 26.6. The van der Waals surface area contributed by atoms with Crippen molar-refractivity contribution in [2.24, 2.45) is 5.92 Å². The largest absolute Gasteiger partial charge is 0.444 e. The van der Waals surface area contributed by atoms with E-state index in [2.05, 4.69) is 15.4 Å². The van der Waals surface area contributed by atoms with E-state index >= 15 is 0 Å². The van der Waals surface area contributed by atoms with Crippen molar-refractivity contribution in [1.82, 2.24) is 25.2 Å². The van der Waals surface area contributed by atoms with Gasteiger partial charge in [0.15, 0.2) is 0 Å². The number of hydrogen-bond donors (Lipinski definition) is 3. The minimum atomic E-state index is -4.61. The Hall–Kier alpha value is -3.73. The number of carbonyl (C=O) groups excluding carboxylic acids is 4. The molecule has 1 saturated heterocycles. The lowest BCUT2D eigenvalue weighted by molar-refractivity contribution is -0.144. The molecule has 0 bridgehead atoms. The number of carbonyl (C=O) groups is 4. The van der Waals surface area contributed by atoms with Gasteiger partial charge < -0.3 is 15.0 Å². The van der Waals surface area contributed by atoms with E-state index in [1.165, 1.54) is 17.0 Å². The minimum Gasteiger partial charge on any atom is -0.444 e. The zero-order chi connectivity index (χ0) is 35.1. The van der Waals surface area contributed by atoms with E-state index in [1.807, 2.05) is 6.08 Å². The molecule has 0 aromatic heterocycles. The Labute approximate surface area is 281 Å². The maximum atomic E-state index is 14.3. The first-order valence-corrected chi connectivity index (χ1v) is 18.1. The van der Waals surface area contributed by atoms with E-state index in [1.54, 1.807) is 12.1 Å². The van der Waals surface area contributed by atoms with Gasteiger partial charge in [-0.25, -0.2) is 17.6 Å². The molecule has 5 atom stereocenters. The van der Waals surface area contributed by atoms with Crippen LogP contribution in [0.5, 0.6) is 0 Å². The number of rotatable bonds is 6. The van der Waals surface area contributed by atoms with E-state index in [4.69, 9.17) is 4.74 Å². The van der Waals surface area contributed by atoms with E-state index < -0.39 is 87.3 Å². The Morgan fingerprint density at radius 3 is 2.57 bits per heavy atom. The summed E-state index contributed by atoms with van der Waals surface area (Å²) in [4.78, 5) is 56.9. The molecule has 2 aliphatic carbocycles. The molecule has 5 aliphatic rings. The van der Waals surface area contributed by atoms with Crippen LogP contribution < -0.4 is 15.4 Å². The van der Waals surface area contributed by atoms with Crippen LogP contribution in [0.3, 0.4) is 0 Å². The summed E-state index contributed by atoms with van der Waals surface area (Å²) in [6, 6.07) is 1.81. The summed E-state index contributed by atoms with van der Waals surface area (Å²) in [5.74, 6) is -3.55. The first-order chi connectivity index (χ1) is 23.2. The van der Waals surface area contributed by atoms with Gasteiger partial charge >= 0.3 is 12.3 Å². The van der Waals surface area contributed by atoms with Crippen LogP contribution >= 0.6 is 0 Å². The van der Waals surface area contributed by atoms with Gasteiger partial charge in [0.1, 0.15) is 23.5 Å². The Morgan fingerprint density at radius 2 is 1.86 bits per heavy atom. The number of hydrogen-bond acceptors (Lipinski definition) is 8. The standard InChI is InChI=1S/C32H39F4N5O7S/c33-24-9-6-7-19-15-40(17-23(19)24)30(45)48-21-13-26-27(42)38-31(29(44)39-49(46,47)22-11-12-22)14-20(31)8-4-2-1-3-5-10-25(28(43)41(26)16-21)37-18-32(34,35)36/h4,6-9,20-22,25-26,37H,1-3,5,10-18H2,(H,38,42)(H,39,44)/b8-4-/t20-,21-,25+,26+,31-/m1/s1. The normalized spacial score (nSPS) is 29.9. The molecular weight excluding hydrogens is 674 g/mol. The number of sulfonamides is 1. The molecule has 3 N–H and O–H groups in total. The molecule has 3 fully saturated rings. The van der Waals surface area contributed by atoms with Crippen molar-refractivity contribution in [2.75, 3.05) is 13.1 Å². The predicted octanol–water partition coefficient (Wildman–Crippen LogP) is 2.77. The number of benzene rings is 1. The third-order valence-electron chi connectivity index (χ3n) is 9.84. The highest BCUT2D eigenvalue weighted by Gasteiger charge is 2.62. The lowest BCUT2D eigenvalue weighted by Crippen LogP contribution is -2.58. The topological polar surface area (TPSA) is 154 Å². The first-order valence-electron chi connectivity index (χ1n) is 16.5. The molecule has 6 rings (SSSR count). The maximum Gasteiger partial charge on any atom is 0.410 e. The molecule has 0 radical (unpaired) electrons. The average Bonchev–Trinajstić information content (AvgIpc) is 3.91. The summed E-state index contributed by atoms with van der Waals surface area (Å²) in [7, 11) is -3.96. The number of nitrogens with one attached hydrogen (secondary N) is 3. The maximum absolute atomic E-state index is 14.3. The van der Waals surface area contributed by atoms with E-state index in [9.17, 15) is 45.2 Å². The van der Waals surface area contributed by atoms with Crippen LogP contribution in [0.2, 0.25) is 0 Å². The predicted molar refractivity (Wildman–Crippen MR) is 165 cm³/mol. The quantitative estimate of drug-likeness (QED) is 0.301. The molecule has 12 nitrogen and oxygen atoms in total. The summed E-state index contributed by atoms with van der Waals surface area (Å²) in [5, 5.41) is 4.27. The molecular formula is C32H39F4N5O7S. The fraction of sp³-hybridized carbons (Fsp3) is 0.625. The molecule has 0 spiro atoms. The van der Waals surface area contributed by atoms with Crippen molar-refractivity contribution in [3.8, 4) is 0 Å². The minimum absolute atomic E-state index is 0.0551. The van der Waals surface area contributed by atoms with Crippen molar-refractivity contribution in [2.45, 2.75) is 106 Å². The second-order valence-corrected chi connectivity index (χ2v) is 15.5. The van der Waals surface area contributed by atoms with Gasteiger partial charge in [0, 0.05) is 24.4 Å². The Morgan fingerprint density at radius 1 is 1.08 bits per heavy atom. The van der Waals surface area contributed by atoms with Gasteiger partial charge in [0.05, 0.1) is 30.9 Å². The Bertz CT molecular complexity index is 1640. The first kappa shape index (κ1) is 35.1. The third-order valence-corrected chi connectivity index (χ3v) is 11.7. The van der Waals surface area contributed by atoms with Gasteiger partial charge in [-0.1, -0.05) is 37.1 Å². The lowest BCUT2D eigenvalue weighted by atomic mass is 10.0. The van der Waals surface area contributed by atoms with Crippen LogP contribution in [0.25, 0.3) is 0 Å². The smallest absolute Gasteiger partial charge is 0.410 e. The summed E-state index contributed by atoms with van der Waals surface area (Å²) in [6.45, 7) is -1.74. The second kappa shape index (κ2) is 13.5. The molecule has 3 heterocycles. The fourth-order valence-electron chi connectivity index (χ4n) is 6.87. The van der Waals surface area contributed by atoms with Gasteiger partial charge in [-0.05, 0) is 50.2 Å². The molecule has 2 saturated carbocycles. The highest BCUT2D eigenvalue weighted by Crippen LogP contribution is 2.46. The van der Waals surface area contributed by atoms with Gasteiger partial charge in [0.2, 0.25) is 21.8 Å². The van der Waals surface area contributed by atoms with Crippen molar-refractivity contribution in [3.63, 3.8) is 0 Å². The number of halogens is 4. The lowest BCUT2D eigenvalue weighted by Gasteiger charge is -2.30. The molecule has 49 heavy (non-hydrogen) atoms. The third kappa shape index (κ3) is 7.87. The van der Waals surface area contributed by atoms with Gasteiger partial charge in [-0.3, -0.25) is 29.3 Å². The van der Waals surface area contributed by atoms with E-state index in [0.29, 0.717) is 49.7 Å². The van der Waals surface area contributed by atoms with Crippen molar-refractivity contribution in [3.05, 3.63) is 47.3 Å². The number of fused-ring (bicyclic) bond motifs is 3. The summed E-state index contributed by atoms with van der Waals surface area (Å²) >= 11 is 0. The number of nitrogens with zero attached hydrogens (tertiary/aromatic N) is 2. The summed E-state index contributed by atoms with van der Waals surface area (Å²) in [5.41, 5.74) is -0.685. The van der Waals surface area contributed by atoms with Crippen molar-refractivity contribution in [1.29, 1.82) is 0 Å². The van der Waals surface area contributed by atoms with Gasteiger partial charge in [-0.15, -0.1) is 0 Å². The molecule has 17 heteroatoms. The highest BCUT2D eigenvalue weighted by molar-refractivity contribution is 7.91. The molecule has 1 aromatic carbocycles. The van der Waals surface area contributed by atoms with Crippen LogP contribution in [-0.2, 0) is 42.2 Å². The average molecular weight is 714 g/mol. The van der Waals surface area contributed by atoms with Crippen LogP contribution in [0.4, 0.5) is 22.4 Å². The highest BCUT2D eigenvalue weighted by atomic mass is 32.2. The van der Waals surface area contributed by atoms with Gasteiger partial charge in [-0.2, -0.15) is 13.2 Å². The van der Waals surface area contributed by atoms with Crippen LogP contribution in [0.1, 0.15) is 68.9 Å². The van der Waals surface area contributed by atoms with Crippen LogP contribution in [-0.4, -0.2) is 90.3 Å². The van der Waals surface area contributed by atoms with Crippen molar-refractivity contribution >= 4 is 33.8 Å². The zero-order valence-corrected chi connectivity index (χ0v) is 27.5. The van der Waals surface area contributed by atoms with Gasteiger partial charge in [0.25, 0.3) is 5.91 Å². The Kier molecular flexibility index (Phi) is 9.69. The number of alkyl halides is 3. The fourth-order valence-corrected chi connectivity index (χ4v) is 8.23. The Balaban J connectivity index is 1.24. The second-order valence-electron chi connectivity index (χ2n) is 13.5. The monoisotopic (exact) mass is 713 g/mol. The van der Waals surface area contributed by atoms with Crippen molar-refractivity contribution < 1.29 is 49.9 Å². The summed E-state index contributed by atoms with van der Waals surface area (Å²) < 4.78 is 87.1. The summed E-state index contributed by atoms with van der Waals surface area (Å²) in [6.07, 6.45) is 0.0554. The number of allylic oxidation sites excluding steroid dienone is 1. The van der Waals surface area contributed by atoms with E-state index in [-0.39, 0.29) is 38.9 Å². The van der Waals surface area contributed by atoms with Crippen LogP contribution in [0.15, 0.2) is 30.4 Å². The molecule has 4 amide bonds. The molecule has 1 aromatic rings. The molecule has 268 valence electrons. The molecule has 3 aliphatic heterocycles. The van der Waals surface area contributed by atoms with E-state index in [0.717, 1.165) is 4.90 Å². The SMILES string of the molecule is O=C1N[C@]2(C(=O)NS(=O)(=O)C3CC3)C[C@H]2/C=C\CCCCC[C@H](NCC(F)(F)F)C(=O)N2C[C@H](OC(=O)N3Cc4cccc(F)c4C3)C[C@@H]12. The molecule has 0 unspecified atom stereocenters. The number of amides is 4.